The van der Waals surface area contributed by atoms with Gasteiger partial charge in [-0.05, 0) is 24.6 Å². The van der Waals surface area contributed by atoms with Gasteiger partial charge in [-0.25, -0.2) is 4.98 Å². The van der Waals surface area contributed by atoms with Crippen LogP contribution in [0, 0.1) is 6.92 Å². The fraction of sp³-hybridized carbons (Fsp3) is 0.357. The number of nitrogens with one attached hydrogen (secondary N) is 1. The summed E-state index contributed by atoms with van der Waals surface area (Å²) in [4.78, 5) is 4.31. The molecule has 4 nitrogen and oxygen atoms in total. The molecular formula is C14H16N2O2. The molecule has 1 aliphatic heterocycles. The molecule has 2 aromatic rings. The monoisotopic (exact) mass is 244 g/mol. The molecule has 4 heteroatoms. The first kappa shape index (κ1) is 11.4. The van der Waals surface area contributed by atoms with Crippen LogP contribution >= 0.6 is 0 Å². The summed E-state index contributed by atoms with van der Waals surface area (Å²) < 4.78 is 11.1. The number of hydrogen-bond acceptors (Lipinski definition) is 4. The third kappa shape index (κ3) is 2.30. The molecule has 0 bridgehead atoms. The Bertz CT molecular complexity index is 513. The number of morpholine rings is 1. The van der Waals surface area contributed by atoms with Gasteiger partial charge in [0, 0.05) is 18.7 Å². The predicted molar refractivity (Wildman–Crippen MR) is 68.2 cm³/mol. The van der Waals surface area contributed by atoms with E-state index in [0.717, 1.165) is 31.0 Å². The molecule has 0 aliphatic carbocycles. The Kier molecular flexibility index (Phi) is 3.13. The lowest BCUT2D eigenvalue weighted by atomic mass is 10.1. The molecule has 1 aromatic carbocycles. The average Bonchev–Trinajstić information content (AvgIpc) is 2.87. The standard InChI is InChI=1S/C14H16N2O2/c1-10-9-18-14(16-10)12-4-2-11(3-5-12)13-8-15-6-7-17-13/h2-5,9,13,15H,6-8H2,1H3. The van der Waals surface area contributed by atoms with Crippen molar-refractivity contribution in [1.29, 1.82) is 0 Å². The summed E-state index contributed by atoms with van der Waals surface area (Å²) in [6.07, 6.45) is 1.82. The zero-order valence-corrected chi connectivity index (χ0v) is 10.3. The van der Waals surface area contributed by atoms with Crippen LogP contribution in [0.3, 0.4) is 0 Å². The molecule has 3 rings (SSSR count). The molecule has 94 valence electrons. The Morgan fingerprint density at radius 3 is 2.72 bits per heavy atom. The van der Waals surface area contributed by atoms with Crippen molar-refractivity contribution in [2.24, 2.45) is 0 Å². The number of oxazole rings is 1. The summed E-state index contributed by atoms with van der Waals surface area (Å²) in [5.41, 5.74) is 3.08. The van der Waals surface area contributed by atoms with Crippen molar-refractivity contribution in [1.82, 2.24) is 10.3 Å². The Morgan fingerprint density at radius 2 is 2.11 bits per heavy atom. The van der Waals surface area contributed by atoms with E-state index in [1.54, 1.807) is 6.26 Å². The van der Waals surface area contributed by atoms with E-state index in [1.165, 1.54) is 5.56 Å². The summed E-state index contributed by atoms with van der Waals surface area (Å²) in [5, 5.41) is 3.33. The third-order valence-electron chi connectivity index (χ3n) is 3.08. The topological polar surface area (TPSA) is 47.3 Å². The highest BCUT2D eigenvalue weighted by molar-refractivity contribution is 5.53. The fourth-order valence-corrected chi connectivity index (χ4v) is 2.11. The first-order valence-corrected chi connectivity index (χ1v) is 6.18. The highest BCUT2D eigenvalue weighted by Crippen LogP contribution is 2.23. The highest BCUT2D eigenvalue weighted by atomic mass is 16.5. The Balaban J connectivity index is 1.80. The van der Waals surface area contributed by atoms with Gasteiger partial charge >= 0.3 is 0 Å². The SMILES string of the molecule is Cc1coc(-c2ccc(C3CNCCO3)cc2)n1. The molecule has 1 aromatic heterocycles. The number of aromatic nitrogens is 1. The Morgan fingerprint density at radius 1 is 1.28 bits per heavy atom. The minimum atomic E-state index is 0.152. The van der Waals surface area contributed by atoms with E-state index in [-0.39, 0.29) is 6.10 Å². The first-order chi connectivity index (χ1) is 8.83. The molecular weight excluding hydrogens is 228 g/mol. The van der Waals surface area contributed by atoms with Crippen LogP contribution < -0.4 is 5.32 Å². The number of benzene rings is 1. The molecule has 1 atom stereocenters. The van der Waals surface area contributed by atoms with Gasteiger partial charge in [-0.1, -0.05) is 12.1 Å². The maximum Gasteiger partial charge on any atom is 0.226 e. The average molecular weight is 244 g/mol. The molecule has 1 N–H and O–H groups in total. The number of nitrogens with zero attached hydrogens (tertiary/aromatic N) is 1. The molecule has 1 unspecified atom stereocenters. The lowest BCUT2D eigenvalue weighted by molar-refractivity contribution is 0.0277. The smallest absolute Gasteiger partial charge is 0.226 e. The van der Waals surface area contributed by atoms with Gasteiger partial charge in [-0.15, -0.1) is 0 Å². The van der Waals surface area contributed by atoms with Crippen molar-refractivity contribution >= 4 is 0 Å². The summed E-state index contributed by atoms with van der Waals surface area (Å²) in [7, 11) is 0. The van der Waals surface area contributed by atoms with E-state index in [9.17, 15) is 0 Å². The van der Waals surface area contributed by atoms with E-state index < -0.39 is 0 Å². The van der Waals surface area contributed by atoms with Crippen LogP contribution in [0.2, 0.25) is 0 Å². The normalized spacial score (nSPS) is 19.9. The van der Waals surface area contributed by atoms with Gasteiger partial charge in [0.2, 0.25) is 5.89 Å². The minimum absolute atomic E-state index is 0.152. The van der Waals surface area contributed by atoms with Crippen molar-refractivity contribution in [3.05, 3.63) is 41.8 Å². The van der Waals surface area contributed by atoms with Crippen LogP contribution in [0.25, 0.3) is 11.5 Å². The molecule has 18 heavy (non-hydrogen) atoms. The van der Waals surface area contributed by atoms with Crippen LogP contribution in [-0.4, -0.2) is 24.7 Å². The van der Waals surface area contributed by atoms with E-state index in [2.05, 4.69) is 22.4 Å². The largest absolute Gasteiger partial charge is 0.444 e. The van der Waals surface area contributed by atoms with E-state index in [0.29, 0.717) is 5.89 Å². The maximum atomic E-state index is 5.71. The molecule has 0 saturated carbocycles. The van der Waals surface area contributed by atoms with Gasteiger partial charge in [-0.3, -0.25) is 0 Å². The number of rotatable bonds is 2. The molecule has 2 heterocycles. The molecule has 1 saturated heterocycles. The Labute approximate surface area is 106 Å². The molecule has 0 amide bonds. The van der Waals surface area contributed by atoms with Crippen molar-refractivity contribution in [2.75, 3.05) is 19.7 Å². The van der Waals surface area contributed by atoms with Crippen LogP contribution in [0.15, 0.2) is 34.9 Å². The molecule has 1 aliphatic rings. The van der Waals surface area contributed by atoms with Crippen molar-refractivity contribution in [3.8, 4) is 11.5 Å². The van der Waals surface area contributed by atoms with Crippen LogP contribution in [0.1, 0.15) is 17.4 Å². The van der Waals surface area contributed by atoms with Crippen molar-refractivity contribution in [2.45, 2.75) is 13.0 Å². The molecule has 0 spiro atoms. The molecule has 1 fully saturated rings. The summed E-state index contributed by atoms with van der Waals surface area (Å²) in [6.45, 7) is 4.50. The van der Waals surface area contributed by atoms with Crippen molar-refractivity contribution in [3.63, 3.8) is 0 Å². The first-order valence-electron chi connectivity index (χ1n) is 6.18. The number of hydrogen-bond donors (Lipinski definition) is 1. The molecule has 0 radical (unpaired) electrons. The van der Waals surface area contributed by atoms with E-state index in [1.807, 2.05) is 19.1 Å². The quantitative estimate of drug-likeness (QED) is 0.880. The number of aryl methyl sites for hydroxylation is 1. The predicted octanol–water partition coefficient (Wildman–Crippen LogP) is 2.31. The van der Waals surface area contributed by atoms with Gasteiger partial charge in [0.1, 0.15) is 6.26 Å². The lowest BCUT2D eigenvalue weighted by Crippen LogP contribution is -2.33. The Hall–Kier alpha value is -1.65. The van der Waals surface area contributed by atoms with Gasteiger partial charge in [0.15, 0.2) is 0 Å². The fourth-order valence-electron chi connectivity index (χ4n) is 2.11. The van der Waals surface area contributed by atoms with Crippen LogP contribution in [-0.2, 0) is 4.74 Å². The summed E-state index contributed by atoms with van der Waals surface area (Å²) >= 11 is 0. The van der Waals surface area contributed by atoms with Gasteiger partial charge in [0.25, 0.3) is 0 Å². The van der Waals surface area contributed by atoms with Crippen LogP contribution in [0.4, 0.5) is 0 Å². The van der Waals surface area contributed by atoms with E-state index >= 15 is 0 Å². The van der Waals surface area contributed by atoms with Gasteiger partial charge < -0.3 is 14.5 Å². The van der Waals surface area contributed by atoms with E-state index in [4.69, 9.17) is 9.15 Å². The van der Waals surface area contributed by atoms with Gasteiger partial charge in [-0.2, -0.15) is 0 Å². The zero-order valence-electron chi connectivity index (χ0n) is 10.3. The summed E-state index contributed by atoms with van der Waals surface area (Å²) in [5.74, 6) is 0.668. The summed E-state index contributed by atoms with van der Waals surface area (Å²) in [6, 6.07) is 8.20. The maximum absolute atomic E-state index is 5.71. The second kappa shape index (κ2) is 4.92. The third-order valence-corrected chi connectivity index (χ3v) is 3.08. The highest BCUT2D eigenvalue weighted by Gasteiger charge is 2.15. The second-order valence-electron chi connectivity index (χ2n) is 4.48. The minimum Gasteiger partial charge on any atom is -0.444 e. The number of ether oxygens (including phenoxy) is 1. The zero-order chi connectivity index (χ0) is 12.4. The lowest BCUT2D eigenvalue weighted by Gasteiger charge is -2.23. The van der Waals surface area contributed by atoms with Gasteiger partial charge in [0.05, 0.1) is 18.4 Å². The van der Waals surface area contributed by atoms with Crippen molar-refractivity contribution < 1.29 is 9.15 Å². The van der Waals surface area contributed by atoms with Crippen LogP contribution in [0.5, 0.6) is 0 Å². The second-order valence-corrected chi connectivity index (χ2v) is 4.48.